The lowest BCUT2D eigenvalue weighted by Crippen LogP contribution is -2.60. The van der Waals surface area contributed by atoms with Gasteiger partial charge in [0.25, 0.3) is 11.5 Å². The minimum Gasteiger partial charge on any atom is -0.387 e. The fraction of sp³-hybridized carbons (Fsp3) is 0.700. The second-order valence-corrected chi connectivity index (χ2v) is 8.58. The van der Waals surface area contributed by atoms with Crippen molar-refractivity contribution in [3.05, 3.63) is 28.2 Å². The van der Waals surface area contributed by atoms with Crippen LogP contribution in [-0.2, 0) is 6.54 Å². The van der Waals surface area contributed by atoms with Gasteiger partial charge in [-0.1, -0.05) is 12.8 Å². The molecule has 1 aromatic rings. The number of nitrogens with zero attached hydrogens (tertiary/aromatic N) is 3. The third-order valence-electron chi connectivity index (χ3n) is 6.38. The molecule has 1 aliphatic heterocycles. The van der Waals surface area contributed by atoms with E-state index < -0.39 is 5.60 Å². The molecule has 1 unspecified atom stereocenters. The number of hydrogen-bond acceptors (Lipinski definition) is 5. The van der Waals surface area contributed by atoms with Crippen molar-refractivity contribution in [3.8, 4) is 0 Å². The Morgan fingerprint density at radius 1 is 1.22 bits per heavy atom. The maximum Gasteiger partial charge on any atom is 0.256 e. The molecule has 1 spiro atoms. The highest BCUT2D eigenvalue weighted by Crippen LogP contribution is 2.49. The van der Waals surface area contributed by atoms with Crippen LogP contribution in [-0.4, -0.2) is 67.4 Å². The molecule has 2 N–H and O–H groups in total. The summed E-state index contributed by atoms with van der Waals surface area (Å²) < 4.78 is 1.54. The van der Waals surface area contributed by atoms with Gasteiger partial charge in [-0.25, -0.2) is 0 Å². The molecule has 1 atom stereocenters. The van der Waals surface area contributed by atoms with Crippen molar-refractivity contribution >= 4 is 11.6 Å². The second kappa shape index (κ2) is 7.28. The van der Waals surface area contributed by atoms with Crippen LogP contribution in [0.2, 0.25) is 0 Å². The molecule has 1 saturated carbocycles. The molecule has 1 aromatic heterocycles. The standard InChI is InChI=1S/C20H32N4O3/c1-22(2)16-11-17(25)24(12-15(16)18(26)23(3)4)14-20(27)9-10-21-13-19(20)7-5-6-8-19/h11-12,21,27H,5-10,13-14H2,1-4H3. The van der Waals surface area contributed by atoms with Gasteiger partial charge in [0.2, 0.25) is 0 Å². The predicted molar refractivity (Wildman–Crippen MR) is 106 cm³/mol. The maximum atomic E-state index is 12.8. The highest BCUT2D eigenvalue weighted by atomic mass is 16.3. The zero-order chi connectivity index (χ0) is 19.8. The number of carbonyl (C=O) groups is 1. The fourth-order valence-corrected chi connectivity index (χ4v) is 4.74. The van der Waals surface area contributed by atoms with Gasteiger partial charge in [-0.15, -0.1) is 0 Å². The summed E-state index contributed by atoms with van der Waals surface area (Å²) in [5.41, 5.74) is -0.229. The smallest absolute Gasteiger partial charge is 0.256 e. The van der Waals surface area contributed by atoms with Crippen LogP contribution in [0.25, 0.3) is 0 Å². The van der Waals surface area contributed by atoms with Crippen molar-refractivity contribution in [2.24, 2.45) is 5.41 Å². The number of pyridine rings is 1. The highest BCUT2D eigenvalue weighted by Gasteiger charge is 2.53. The first kappa shape index (κ1) is 19.9. The molecule has 1 amide bonds. The van der Waals surface area contributed by atoms with E-state index in [0.29, 0.717) is 17.7 Å². The van der Waals surface area contributed by atoms with E-state index in [9.17, 15) is 14.7 Å². The largest absolute Gasteiger partial charge is 0.387 e. The number of anilines is 1. The summed E-state index contributed by atoms with van der Waals surface area (Å²) in [6.07, 6.45) is 6.43. The van der Waals surface area contributed by atoms with Crippen LogP contribution in [0, 0.1) is 5.41 Å². The van der Waals surface area contributed by atoms with E-state index in [-0.39, 0.29) is 23.4 Å². The Balaban J connectivity index is 2.02. The Bertz CT molecular complexity index is 765. The molecule has 1 aliphatic carbocycles. The van der Waals surface area contributed by atoms with Gasteiger partial charge in [0, 0.05) is 52.4 Å². The van der Waals surface area contributed by atoms with Crippen molar-refractivity contribution < 1.29 is 9.90 Å². The Morgan fingerprint density at radius 3 is 2.48 bits per heavy atom. The first-order chi connectivity index (χ1) is 12.7. The third-order valence-corrected chi connectivity index (χ3v) is 6.38. The maximum absolute atomic E-state index is 12.8. The molecule has 2 heterocycles. The number of aliphatic hydroxyl groups is 1. The summed E-state index contributed by atoms with van der Waals surface area (Å²) in [6.45, 7) is 1.76. The Morgan fingerprint density at radius 2 is 1.89 bits per heavy atom. The van der Waals surface area contributed by atoms with Gasteiger partial charge < -0.3 is 24.8 Å². The van der Waals surface area contributed by atoms with Crippen LogP contribution in [0.1, 0.15) is 42.5 Å². The zero-order valence-electron chi connectivity index (χ0n) is 16.9. The molecular formula is C20H32N4O3. The lowest BCUT2D eigenvalue weighted by atomic mass is 9.66. The van der Waals surface area contributed by atoms with E-state index >= 15 is 0 Å². The Kier molecular flexibility index (Phi) is 5.36. The highest BCUT2D eigenvalue weighted by molar-refractivity contribution is 5.99. The van der Waals surface area contributed by atoms with Crippen LogP contribution in [0.3, 0.4) is 0 Å². The van der Waals surface area contributed by atoms with Crippen LogP contribution < -0.4 is 15.8 Å². The molecule has 0 aromatic carbocycles. The van der Waals surface area contributed by atoms with Gasteiger partial charge >= 0.3 is 0 Å². The number of piperidine rings is 1. The SMILES string of the molecule is CN(C)C(=O)c1cn(CC2(O)CCNCC23CCCC3)c(=O)cc1N(C)C. The number of hydrogen-bond donors (Lipinski definition) is 2. The molecule has 2 aliphatic rings. The van der Waals surface area contributed by atoms with E-state index in [4.69, 9.17) is 0 Å². The summed E-state index contributed by atoms with van der Waals surface area (Å²) in [5, 5.41) is 15.0. The van der Waals surface area contributed by atoms with Crippen molar-refractivity contribution in [1.29, 1.82) is 0 Å². The van der Waals surface area contributed by atoms with Crippen LogP contribution >= 0.6 is 0 Å². The number of nitrogens with one attached hydrogen (secondary N) is 1. The van der Waals surface area contributed by atoms with Gasteiger partial charge in [-0.3, -0.25) is 9.59 Å². The van der Waals surface area contributed by atoms with Gasteiger partial charge in [0.15, 0.2) is 0 Å². The van der Waals surface area contributed by atoms with Gasteiger partial charge in [0.05, 0.1) is 23.4 Å². The lowest BCUT2D eigenvalue weighted by molar-refractivity contribution is -0.115. The van der Waals surface area contributed by atoms with E-state index in [1.807, 2.05) is 14.1 Å². The summed E-state index contributed by atoms with van der Waals surface area (Å²) in [5.74, 6) is -0.152. The molecule has 3 rings (SSSR count). The topological polar surface area (TPSA) is 77.8 Å². The normalized spacial score (nSPS) is 24.2. The molecule has 150 valence electrons. The van der Waals surface area contributed by atoms with Crippen molar-refractivity contribution in [2.45, 2.75) is 44.2 Å². The summed E-state index contributed by atoms with van der Waals surface area (Å²) in [6, 6.07) is 1.50. The second-order valence-electron chi connectivity index (χ2n) is 8.58. The van der Waals surface area contributed by atoms with Gasteiger partial charge in [-0.05, 0) is 25.8 Å². The quantitative estimate of drug-likeness (QED) is 0.816. The Labute approximate surface area is 161 Å². The monoisotopic (exact) mass is 376 g/mol. The van der Waals surface area contributed by atoms with E-state index in [1.54, 1.807) is 25.2 Å². The van der Waals surface area contributed by atoms with Crippen LogP contribution in [0.5, 0.6) is 0 Å². The van der Waals surface area contributed by atoms with Crippen LogP contribution in [0.15, 0.2) is 17.1 Å². The molecule has 0 bridgehead atoms. The molecule has 2 fully saturated rings. The number of carbonyl (C=O) groups excluding carboxylic acids is 1. The van der Waals surface area contributed by atoms with Crippen molar-refractivity contribution in [2.75, 3.05) is 46.2 Å². The fourth-order valence-electron chi connectivity index (χ4n) is 4.74. The summed E-state index contributed by atoms with van der Waals surface area (Å²) >= 11 is 0. The minimum atomic E-state index is -0.934. The lowest BCUT2D eigenvalue weighted by Gasteiger charge is -2.49. The zero-order valence-corrected chi connectivity index (χ0v) is 16.9. The summed E-state index contributed by atoms with van der Waals surface area (Å²) in [4.78, 5) is 28.7. The average molecular weight is 377 g/mol. The molecule has 27 heavy (non-hydrogen) atoms. The van der Waals surface area contributed by atoms with Crippen molar-refractivity contribution in [1.82, 2.24) is 14.8 Å². The van der Waals surface area contributed by atoms with Crippen molar-refractivity contribution in [3.63, 3.8) is 0 Å². The van der Waals surface area contributed by atoms with E-state index in [1.165, 1.54) is 15.5 Å². The number of amides is 1. The third kappa shape index (κ3) is 3.50. The molecule has 7 nitrogen and oxygen atoms in total. The van der Waals surface area contributed by atoms with Crippen LogP contribution in [0.4, 0.5) is 5.69 Å². The first-order valence-electron chi connectivity index (χ1n) is 9.76. The average Bonchev–Trinajstić information content (AvgIpc) is 3.08. The van der Waals surface area contributed by atoms with Gasteiger partial charge in [0.1, 0.15) is 0 Å². The Hall–Kier alpha value is -1.86. The predicted octanol–water partition coefficient (Wildman–Crippen LogP) is 0.901. The molecule has 1 saturated heterocycles. The number of rotatable bonds is 4. The minimum absolute atomic E-state index is 0.152. The van der Waals surface area contributed by atoms with E-state index in [2.05, 4.69) is 5.32 Å². The van der Waals surface area contributed by atoms with Gasteiger partial charge in [-0.2, -0.15) is 0 Å². The molecular weight excluding hydrogens is 344 g/mol. The van der Waals surface area contributed by atoms with E-state index in [0.717, 1.165) is 38.8 Å². The molecule has 7 heteroatoms. The summed E-state index contributed by atoms with van der Waals surface area (Å²) in [7, 11) is 7.04. The first-order valence-corrected chi connectivity index (χ1v) is 9.76. The number of aromatic nitrogens is 1. The molecule has 0 radical (unpaired) electrons.